The van der Waals surface area contributed by atoms with Crippen LogP contribution < -0.4 is 0 Å². The fourth-order valence-electron chi connectivity index (χ4n) is 1.58. The van der Waals surface area contributed by atoms with Crippen LogP contribution in [0.2, 0.25) is 19.6 Å². The third-order valence-electron chi connectivity index (χ3n) is 2.04. The van der Waals surface area contributed by atoms with Crippen molar-refractivity contribution in [3.63, 3.8) is 0 Å². The molecule has 0 nitrogen and oxygen atoms in total. The SMILES string of the molecule is CC1=CCC[C+]=C1[Si](C)(C)C. The Morgan fingerprint density at radius 1 is 1.36 bits per heavy atom. The van der Waals surface area contributed by atoms with Crippen LogP contribution >= 0.6 is 0 Å². The van der Waals surface area contributed by atoms with Crippen molar-refractivity contribution < 1.29 is 0 Å². The van der Waals surface area contributed by atoms with E-state index in [0.29, 0.717) is 0 Å². The van der Waals surface area contributed by atoms with Crippen LogP contribution in [0.1, 0.15) is 19.8 Å². The van der Waals surface area contributed by atoms with Crippen molar-refractivity contribution in [3.8, 4) is 0 Å². The van der Waals surface area contributed by atoms with E-state index in [9.17, 15) is 0 Å². The van der Waals surface area contributed by atoms with Crippen LogP contribution in [0.3, 0.4) is 0 Å². The lowest BCUT2D eigenvalue weighted by Gasteiger charge is -2.14. The van der Waals surface area contributed by atoms with Crippen LogP contribution in [0.4, 0.5) is 0 Å². The van der Waals surface area contributed by atoms with Gasteiger partial charge in [0.15, 0.2) is 0 Å². The first-order valence-corrected chi connectivity index (χ1v) is 7.80. The Morgan fingerprint density at radius 2 is 2.00 bits per heavy atom. The Bertz CT molecular complexity index is 203. The summed E-state index contributed by atoms with van der Waals surface area (Å²) in [6, 6.07) is 0. The number of hydrogen-bond donors (Lipinski definition) is 0. The van der Waals surface area contributed by atoms with E-state index in [1.54, 1.807) is 5.20 Å². The molecule has 0 radical (unpaired) electrons. The van der Waals surface area contributed by atoms with Gasteiger partial charge in [-0.1, -0.05) is 19.6 Å². The van der Waals surface area contributed by atoms with Crippen molar-refractivity contribution in [2.45, 2.75) is 39.4 Å². The molecule has 0 aromatic carbocycles. The van der Waals surface area contributed by atoms with E-state index in [4.69, 9.17) is 0 Å². The average molecular weight is 165 g/mol. The van der Waals surface area contributed by atoms with Gasteiger partial charge in [0.05, 0.1) is 18.1 Å². The highest BCUT2D eigenvalue weighted by atomic mass is 28.3. The molecule has 60 valence electrons. The molecule has 1 aliphatic rings. The molecule has 0 N–H and O–H groups in total. The lowest BCUT2D eigenvalue weighted by Crippen LogP contribution is -2.25. The first-order valence-electron chi connectivity index (χ1n) is 4.30. The first kappa shape index (κ1) is 8.70. The van der Waals surface area contributed by atoms with Crippen LogP contribution in [0.15, 0.2) is 16.8 Å². The summed E-state index contributed by atoms with van der Waals surface area (Å²) in [5.74, 6) is 0. The maximum absolute atomic E-state index is 3.52. The molecule has 0 atom stereocenters. The van der Waals surface area contributed by atoms with Gasteiger partial charge in [-0.05, 0) is 0 Å². The summed E-state index contributed by atoms with van der Waals surface area (Å²) >= 11 is 0. The average Bonchev–Trinajstić information content (AvgIpc) is 1.86. The Morgan fingerprint density at radius 3 is 2.36 bits per heavy atom. The predicted molar refractivity (Wildman–Crippen MR) is 53.1 cm³/mol. The van der Waals surface area contributed by atoms with E-state index < -0.39 is 8.07 Å². The molecule has 0 aliphatic heterocycles. The Kier molecular flexibility index (Phi) is 2.31. The highest BCUT2D eigenvalue weighted by Gasteiger charge is 2.31. The van der Waals surface area contributed by atoms with Gasteiger partial charge in [0.25, 0.3) is 0 Å². The zero-order valence-electron chi connectivity index (χ0n) is 7.99. The van der Waals surface area contributed by atoms with Gasteiger partial charge < -0.3 is 0 Å². The summed E-state index contributed by atoms with van der Waals surface area (Å²) in [4.78, 5) is 0. The Labute approximate surface area is 71.0 Å². The molecule has 0 aromatic heterocycles. The molecule has 0 saturated heterocycles. The van der Waals surface area contributed by atoms with Crippen molar-refractivity contribution in [2.75, 3.05) is 0 Å². The second kappa shape index (κ2) is 2.92. The summed E-state index contributed by atoms with van der Waals surface area (Å²) in [5.41, 5.74) is 1.48. The monoisotopic (exact) mass is 165 g/mol. The van der Waals surface area contributed by atoms with Gasteiger partial charge >= 0.3 is 0 Å². The third kappa shape index (κ3) is 2.02. The van der Waals surface area contributed by atoms with Gasteiger partial charge in [-0.15, -0.1) is 0 Å². The third-order valence-corrected chi connectivity index (χ3v) is 4.11. The van der Waals surface area contributed by atoms with Crippen molar-refractivity contribution in [1.29, 1.82) is 0 Å². The fourth-order valence-corrected chi connectivity index (χ4v) is 3.52. The fraction of sp³-hybridized carbons (Fsp3) is 0.600. The smallest absolute Gasteiger partial charge is 0.0615 e. The molecule has 0 saturated carbocycles. The number of hydrogen-bond acceptors (Lipinski definition) is 0. The summed E-state index contributed by atoms with van der Waals surface area (Å²) in [6.45, 7) is 9.38. The molecular weight excluding hydrogens is 148 g/mol. The molecule has 0 bridgehead atoms. The molecule has 1 rings (SSSR count). The van der Waals surface area contributed by atoms with E-state index in [-0.39, 0.29) is 0 Å². The minimum absolute atomic E-state index is 1.08. The van der Waals surface area contributed by atoms with Gasteiger partial charge in [0.1, 0.15) is 13.3 Å². The molecule has 0 fully saturated rings. The second-order valence-electron chi connectivity index (χ2n) is 4.23. The van der Waals surface area contributed by atoms with Crippen LogP contribution in [0.25, 0.3) is 0 Å². The quantitative estimate of drug-likeness (QED) is 0.413. The van der Waals surface area contributed by atoms with Gasteiger partial charge in [-0.25, -0.2) is 0 Å². The van der Waals surface area contributed by atoms with Crippen LogP contribution in [0.5, 0.6) is 0 Å². The second-order valence-corrected chi connectivity index (χ2v) is 9.23. The lowest BCUT2D eigenvalue weighted by molar-refractivity contribution is 0.980. The van der Waals surface area contributed by atoms with E-state index in [1.165, 1.54) is 12.0 Å². The topological polar surface area (TPSA) is 0 Å². The van der Waals surface area contributed by atoms with E-state index >= 15 is 0 Å². The molecule has 0 amide bonds. The molecule has 0 heterocycles. The van der Waals surface area contributed by atoms with Crippen molar-refractivity contribution >= 4 is 8.07 Å². The first-order chi connectivity index (χ1) is 5.02. The molecule has 1 aliphatic carbocycles. The van der Waals surface area contributed by atoms with Crippen molar-refractivity contribution in [2.24, 2.45) is 0 Å². The predicted octanol–water partition coefficient (Wildman–Crippen LogP) is 3.33. The Balaban J connectivity index is 2.87. The lowest BCUT2D eigenvalue weighted by atomic mass is 10.1. The molecule has 0 aromatic rings. The standard InChI is InChI=1S/C10H17Si/c1-9-7-5-6-8-10(9)11(2,3)4/h7H,5-6H2,1-4H3/q+1. The number of allylic oxidation sites excluding steroid dienone is 4. The van der Waals surface area contributed by atoms with Crippen LogP contribution in [0, 0.1) is 6.08 Å². The van der Waals surface area contributed by atoms with Crippen molar-refractivity contribution in [3.05, 3.63) is 22.9 Å². The Hall–Kier alpha value is -0.393. The molecule has 0 unspecified atom stereocenters. The number of rotatable bonds is 1. The largest absolute Gasteiger partial charge is 0.144 e. The van der Waals surface area contributed by atoms with Gasteiger partial charge in [-0.3, -0.25) is 0 Å². The molecule has 1 heteroatoms. The van der Waals surface area contributed by atoms with Gasteiger partial charge in [0.2, 0.25) is 0 Å². The van der Waals surface area contributed by atoms with Gasteiger partial charge in [-0.2, -0.15) is 0 Å². The minimum atomic E-state index is -1.08. The van der Waals surface area contributed by atoms with Crippen LogP contribution in [-0.4, -0.2) is 8.07 Å². The summed E-state index contributed by atoms with van der Waals surface area (Å²) in [7, 11) is -1.08. The zero-order chi connectivity index (χ0) is 8.48. The molecular formula is C10H17Si+. The maximum atomic E-state index is 3.52. The normalized spacial score (nSPS) is 18.5. The summed E-state index contributed by atoms with van der Waals surface area (Å²) in [5, 5.41) is 1.55. The molecule has 0 spiro atoms. The molecule has 11 heavy (non-hydrogen) atoms. The maximum Gasteiger partial charge on any atom is 0.144 e. The van der Waals surface area contributed by atoms with E-state index in [2.05, 4.69) is 38.7 Å². The summed E-state index contributed by atoms with van der Waals surface area (Å²) in [6.07, 6.45) is 8.20. The van der Waals surface area contributed by atoms with E-state index in [0.717, 1.165) is 6.42 Å². The van der Waals surface area contributed by atoms with Crippen LogP contribution in [-0.2, 0) is 0 Å². The zero-order valence-corrected chi connectivity index (χ0v) is 8.99. The van der Waals surface area contributed by atoms with Crippen molar-refractivity contribution in [1.82, 2.24) is 0 Å². The van der Waals surface area contributed by atoms with Gasteiger partial charge in [0, 0.05) is 19.4 Å². The highest BCUT2D eigenvalue weighted by Crippen LogP contribution is 2.26. The highest BCUT2D eigenvalue weighted by molar-refractivity contribution is 6.83. The summed E-state index contributed by atoms with van der Waals surface area (Å²) < 4.78 is 0. The minimum Gasteiger partial charge on any atom is -0.0615 e. The van der Waals surface area contributed by atoms with E-state index in [1.807, 2.05) is 0 Å².